The number of nitro groups is 1. The molecule has 1 heterocycles. The Hall–Kier alpha value is -2.43. The lowest BCUT2D eigenvalue weighted by atomic mass is 10.2. The predicted molar refractivity (Wildman–Crippen MR) is 69.4 cm³/mol. The van der Waals surface area contributed by atoms with Crippen LogP contribution in [0.5, 0.6) is 0 Å². The third kappa shape index (κ3) is 2.63. The van der Waals surface area contributed by atoms with Crippen LogP contribution >= 0.6 is 0 Å². The standard InChI is InChI=1S/C13H13N3O2/c1-15(10-11-6-3-2-4-7-11)12-8-5-9-14-13(12)16(17)18/h2-9H,10H2,1H3. The summed E-state index contributed by atoms with van der Waals surface area (Å²) >= 11 is 0. The lowest BCUT2D eigenvalue weighted by molar-refractivity contribution is -0.388. The topological polar surface area (TPSA) is 59.3 Å². The number of hydrogen-bond donors (Lipinski definition) is 0. The van der Waals surface area contributed by atoms with Crippen LogP contribution in [-0.2, 0) is 6.54 Å². The Kier molecular flexibility index (Phi) is 3.52. The number of rotatable bonds is 4. The van der Waals surface area contributed by atoms with Crippen molar-refractivity contribution in [1.82, 2.24) is 4.98 Å². The van der Waals surface area contributed by atoms with Gasteiger partial charge in [0.15, 0.2) is 0 Å². The van der Waals surface area contributed by atoms with Crippen LogP contribution in [0.15, 0.2) is 48.7 Å². The Morgan fingerprint density at radius 3 is 2.61 bits per heavy atom. The molecule has 0 atom stereocenters. The Morgan fingerprint density at radius 2 is 1.94 bits per heavy atom. The van der Waals surface area contributed by atoms with Crippen LogP contribution in [0.1, 0.15) is 5.56 Å². The molecule has 5 nitrogen and oxygen atoms in total. The second kappa shape index (κ2) is 5.27. The summed E-state index contributed by atoms with van der Waals surface area (Å²) < 4.78 is 0. The number of aromatic nitrogens is 1. The summed E-state index contributed by atoms with van der Waals surface area (Å²) in [6.45, 7) is 0.605. The van der Waals surface area contributed by atoms with Gasteiger partial charge < -0.3 is 15.0 Å². The van der Waals surface area contributed by atoms with Gasteiger partial charge >= 0.3 is 5.82 Å². The van der Waals surface area contributed by atoms with Crippen LogP contribution in [0.25, 0.3) is 0 Å². The van der Waals surface area contributed by atoms with Crippen molar-refractivity contribution in [2.24, 2.45) is 0 Å². The molecule has 0 aliphatic heterocycles. The molecule has 0 unspecified atom stereocenters. The Labute approximate surface area is 105 Å². The lowest BCUT2D eigenvalue weighted by Crippen LogP contribution is -2.18. The van der Waals surface area contributed by atoms with E-state index in [9.17, 15) is 10.1 Å². The van der Waals surface area contributed by atoms with Crippen molar-refractivity contribution in [3.05, 3.63) is 64.3 Å². The lowest BCUT2D eigenvalue weighted by Gasteiger charge is -2.18. The molecule has 2 rings (SSSR count). The molecule has 0 fully saturated rings. The Bertz CT molecular complexity index is 543. The fourth-order valence-electron chi connectivity index (χ4n) is 1.77. The molecule has 1 aromatic carbocycles. The largest absolute Gasteiger partial charge is 0.387 e. The smallest absolute Gasteiger partial charge is 0.363 e. The maximum absolute atomic E-state index is 10.9. The van der Waals surface area contributed by atoms with Gasteiger partial charge in [-0.1, -0.05) is 30.3 Å². The summed E-state index contributed by atoms with van der Waals surface area (Å²) in [6.07, 6.45) is 1.43. The van der Waals surface area contributed by atoms with Crippen molar-refractivity contribution >= 4 is 11.5 Å². The van der Waals surface area contributed by atoms with Crippen molar-refractivity contribution in [3.63, 3.8) is 0 Å². The van der Waals surface area contributed by atoms with Gasteiger partial charge in [-0.15, -0.1) is 0 Å². The SMILES string of the molecule is CN(Cc1ccccc1)c1cccnc1[N+](=O)[O-]. The molecule has 0 N–H and O–H groups in total. The summed E-state index contributed by atoms with van der Waals surface area (Å²) in [5.41, 5.74) is 1.62. The maximum atomic E-state index is 10.9. The van der Waals surface area contributed by atoms with Gasteiger partial charge in [0.05, 0.1) is 0 Å². The molecular weight excluding hydrogens is 230 g/mol. The summed E-state index contributed by atoms with van der Waals surface area (Å²) in [5.74, 6) is -0.115. The number of benzene rings is 1. The van der Waals surface area contributed by atoms with E-state index in [-0.39, 0.29) is 5.82 Å². The molecule has 18 heavy (non-hydrogen) atoms. The summed E-state index contributed by atoms with van der Waals surface area (Å²) in [7, 11) is 1.82. The normalized spacial score (nSPS) is 10.1. The van der Waals surface area contributed by atoms with Crippen molar-refractivity contribution in [3.8, 4) is 0 Å². The zero-order chi connectivity index (χ0) is 13.0. The predicted octanol–water partition coefficient (Wildman–Crippen LogP) is 2.63. The van der Waals surface area contributed by atoms with Gasteiger partial charge in [0, 0.05) is 13.6 Å². The van der Waals surface area contributed by atoms with Gasteiger partial charge in [0.1, 0.15) is 11.9 Å². The van der Waals surface area contributed by atoms with Crippen LogP contribution in [0.3, 0.4) is 0 Å². The summed E-state index contributed by atoms with van der Waals surface area (Å²) in [4.78, 5) is 16.1. The summed E-state index contributed by atoms with van der Waals surface area (Å²) in [6, 6.07) is 13.2. The molecule has 0 aliphatic carbocycles. The van der Waals surface area contributed by atoms with Crippen molar-refractivity contribution < 1.29 is 4.92 Å². The van der Waals surface area contributed by atoms with Crippen molar-refractivity contribution in [2.75, 3.05) is 11.9 Å². The molecular formula is C13H13N3O2. The third-order valence-electron chi connectivity index (χ3n) is 2.61. The Balaban J connectivity index is 2.24. The molecule has 1 aromatic heterocycles. The van der Waals surface area contributed by atoms with E-state index < -0.39 is 4.92 Å². The van der Waals surface area contributed by atoms with Crippen LogP contribution in [0.2, 0.25) is 0 Å². The first kappa shape index (κ1) is 12.0. The highest BCUT2D eigenvalue weighted by Gasteiger charge is 2.17. The minimum absolute atomic E-state index is 0.115. The molecule has 0 amide bonds. The molecule has 0 saturated heterocycles. The highest BCUT2D eigenvalue weighted by molar-refractivity contribution is 5.58. The van der Waals surface area contributed by atoms with Gasteiger partial charge in [0.25, 0.3) is 0 Å². The van der Waals surface area contributed by atoms with E-state index in [0.717, 1.165) is 5.56 Å². The van der Waals surface area contributed by atoms with Crippen molar-refractivity contribution in [1.29, 1.82) is 0 Å². The van der Waals surface area contributed by atoms with Crippen LogP contribution in [-0.4, -0.2) is 17.0 Å². The first-order valence-electron chi connectivity index (χ1n) is 5.53. The first-order valence-corrected chi connectivity index (χ1v) is 5.53. The zero-order valence-corrected chi connectivity index (χ0v) is 9.98. The minimum Gasteiger partial charge on any atom is -0.363 e. The molecule has 0 saturated carbocycles. The molecule has 0 bridgehead atoms. The Morgan fingerprint density at radius 1 is 1.22 bits per heavy atom. The number of anilines is 1. The van der Waals surface area contributed by atoms with Gasteiger partial charge in [-0.3, -0.25) is 0 Å². The first-order chi connectivity index (χ1) is 8.68. The van der Waals surface area contributed by atoms with E-state index in [1.165, 1.54) is 6.20 Å². The monoisotopic (exact) mass is 243 g/mol. The number of pyridine rings is 1. The highest BCUT2D eigenvalue weighted by Crippen LogP contribution is 2.24. The van der Waals surface area contributed by atoms with E-state index in [1.54, 1.807) is 12.1 Å². The molecule has 0 spiro atoms. The van der Waals surface area contributed by atoms with Crippen LogP contribution < -0.4 is 4.90 Å². The minimum atomic E-state index is -0.461. The zero-order valence-electron chi connectivity index (χ0n) is 9.98. The van der Waals surface area contributed by atoms with Crippen LogP contribution in [0.4, 0.5) is 11.5 Å². The van der Waals surface area contributed by atoms with Gasteiger partial charge in [-0.25, -0.2) is 0 Å². The maximum Gasteiger partial charge on any atom is 0.387 e. The number of hydrogen-bond acceptors (Lipinski definition) is 4. The third-order valence-corrected chi connectivity index (χ3v) is 2.61. The van der Waals surface area contributed by atoms with E-state index in [1.807, 2.05) is 42.3 Å². The average Bonchev–Trinajstić information content (AvgIpc) is 2.40. The van der Waals surface area contributed by atoms with Crippen molar-refractivity contribution in [2.45, 2.75) is 6.54 Å². The fourth-order valence-corrected chi connectivity index (χ4v) is 1.77. The second-order valence-corrected chi connectivity index (χ2v) is 3.94. The van der Waals surface area contributed by atoms with Crippen LogP contribution in [0, 0.1) is 10.1 Å². The molecule has 2 aromatic rings. The fraction of sp³-hybridized carbons (Fsp3) is 0.154. The van der Waals surface area contributed by atoms with E-state index in [2.05, 4.69) is 4.98 Å². The van der Waals surface area contributed by atoms with Gasteiger partial charge in [-0.05, 0) is 27.6 Å². The van der Waals surface area contributed by atoms with E-state index >= 15 is 0 Å². The summed E-state index contributed by atoms with van der Waals surface area (Å²) in [5, 5.41) is 10.9. The second-order valence-electron chi connectivity index (χ2n) is 3.94. The highest BCUT2D eigenvalue weighted by atomic mass is 16.6. The average molecular weight is 243 g/mol. The number of nitrogens with zero attached hydrogens (tertiary/aromatic N) is 3. The molecule has 0 aliphatic rings. The van der Waals surface area contributed by atoms with Gasteiger partial charge in [0.2, 0.25) is 0 Å². The van der Waals surface area contributed by atoms with E-state index in [4.69, 9.17) is 0 Å². The van der Waals surface area contributed by atoms with E-state index in [0.29, 0.717) is 12.2 Å². The quantitative estimate of drug-likeness (QED) is 0.611. The molecule has 92 valence electrons. The molecule has 0 radical (unpaired) electrons. The van der Waals surface area contributed by atoms with Gasteiger partial charge in [-0.2, -0.15) is 0 Å². The molecule has 5 heteroatoms.